The zero-order valence-electron chi connectivity index (χ0n) is 11.0. The van der Waals surface area contributed by atoms with Gasteiger partial charge in [0.15, 0.2) is 0 Å². The summed E-state index contributed by atoms with van der Waals surface area (Å²) in [4.78, 5) is 0. The van der Waals surface area contributed by atoms with E-state index in [2.05, 4.69) is 20.8 Å². The third-order valence-electron chi connectivity index (χ3n) is 2.19. The standard InChI is InChI=1S/C11H22N4O2/c1-5-12-7-9-14-15-10(17-9)13-8-11(3,4)16-6-2/h12H,5-8H2,1-4H3,(H,13,15). The second-order valence-corrected chi connectivity index (χ2v) is 4.33. The van der Waals surface area contributed by atoms with Gasteiger partial charge in [0.2, 0.25) is 5.89 Å². The maximum absolute atomic E-state index is 5.56. The lowest BCUT2D eigenvalue weighted by molar-refractivity contribution is 0.000339. The van der Waals surface area contributed by atoms with Gasteiger partial charge < -0.3 is 19.8 Å². The smallest absolute Gasteiger partial charge is 0.315 e. The van der Waals surface area contributed by atoms with Crippen LogP contribution in [0.5, 0.6) is 0 Å². The van der Waals surface area contributed by atoms with E-state index in [0.29, 0.717) is 31.6 Å². The molecule has 17 heavy (non-hydrogen) atoms. The average molecular weight is 242 g/mol. The number of nitrogens with one attached hydrogen (secondary N) is 2. The van der Waals surface area contributed by atoms with Gasteiger partial charge in [-0.3, -0.25) is 0 Å². The van der Waals surface area contributed by atoms with Gasteiger partial charge in [-0.2, -0.15) is 0 Å². The van der Waals surface area contributed by atoms with Crippen molar-refractivity contribution in [1.82, 2.24) is 15.5 Å². The molecule has 0 saturated carbocycles. The Hall–Kier alpha value is -1.14. The first kappa shape index (κ1) is 13.9. The Morgan fingerprint density at radius 3 is 2.71 bits per heavy atom. The molecule has 1 aromatic heterocycles. The zero-order chi connectivity index (χ0) is 12.7. The van der Waals surface area contributed by atoms with Gasteiger partial charge in [-0.1, -0.05) is 12.0 Å². The Morgan fingerprint density at radius 1 is 1.29 bits per heavy atom. The van der Waals surface area contributed by atoms with Crippen LogP contribution in [0.3, 0.4) is 0 Å². The first-order valence-corrected chi connectivity index (χ1v) is 5.98. The maximum atomic E-state index is 5.56. The third-order valence-corrected chi connectivity index (χ3v) is 2.19. The van der Waals surface area contributed by atoms with Crippen LogP contribution in [0.2, 0.25) is 0 Å². The minimum Gasteiger partial charge on any atom is -0.407 e. The Bertz CT molecular complexity index is 325. The summed E-state index contributed by atoms with van der Waals surface area (Å²) in [5.41, 5.74) is -0.245. The zero-order valence-corrected chi connectivity index (χ0v) is 11.0. The summed E-state index contributed by atoms with van der Waals surface area (Å²) in [7, 11) is 0. The number of aromatic nitrogens is 2. The molecule has 0 aliphatic rings. The molecule has 0 amide bonds. The molecule has 2 N–H and O–H groups in total. The monoisotopic (exact) mass is 242 g/mol. The van der Waals surface area contributed by atoms with Crippen LogP contribution in [-0.4, -0.2) is 35.5 Å². The van der Waals surface area contributed by atoms with E-state index in [9.17, 15) is 0 Å². The fraction of sp³-hybridized carbons (Fsp3) is 0.818. The summed E-state index contributed by atoms with van der Waals surface area (Å²) < 4.78 is 11.0. The van der Waals surface area contributed by atoms with E-state index in [1.807, 2.05) is 27.7 Å². The Balaban J connectivity index is 2.38. The van der Waals surface area contributed by atoms with Gasteiger partial charge in [0, 0.05) is 13.2 Å². The lowest BCUT2D eigenvalue weighted by atomic mass is 10.1. The number of ether oxygens (including phenoxy) is 1. The molecule has 0 fully saturated rings. The Labute approximate surface area is 102 Å². The number of rotatable bonds is 8. The van der Waals surface area contributed by atoms with Crippen molar-refractivity contribution in [3.8, 4) is 0 Å². The van der Waals surface area contributed by atoms with E-state index in [4.69, 9.17) is 9.15 Å². The molecule has 6 nitrogen and oxygen atoms in total. The summed E-state index contributed by atoms with van der Waals surface area (Å²) in [6, 6.07) is 0.436. The van der Waals surface area contributed by atoms with Crippen molar-refractivity contribution in [2.45, 2.75) is 39.8 Å². The molecule has 0 saturated heterocycles. The fourth-order valence-corrected chi connectivity index (χ4v) is 1.36. The molecule has 0 aromatic carbocycles. The van der Waals surface area contributed by atoms with Crippen LogP contribution in [0, 0.1) is 0 Å². The predicted molar refractivity (Wildman–Crippen MR) is 65.9 cm³/mol. The quantitative estimate of drug-likeness (QED) is 0.718. The summed E-state index contributed by atoms with van der Waals surface area (Å²) in [5, 5.41) is 14.0. The van der Waals surface area contributed by atoms with E-state index in [1.54, 1.807) is 0 Å². The van der Waals surface area contributed by atoms with Crippen molar-refractivity contribution in [2.24, 2.45) is 0 Å². The van der Waals surface area contributed by atoms with E-state index in [0.717, 1.165) is 6.54 Å². The summed E-state index contributed by atoms with van der Waals surface area (Å²) in [5.74, 6) is 0.587. The van der Waals surface area contributed by atoms with Crippen LogP contribution >= 0.6 is 0 Å². The minimum absolute atomic E-state index is 0.245. The number of nitrogens with zero attached hydrogens (tertiary/aromatic N) is 2. The minimum atomic E-state index is -0.245. The van der Waals surface area contributed by atoms with Gasteiger partial charge >= 0.3 is 6.01 Å². The van der Waals surface area contributed by atoms with Crippen LogP contribution in [-0.2, 0) is 11.3 Å². The first-order chi connectivity index (χ1) is 8.07. The molecule has 6 heteroatoms. The van der Waals surface area contributed by atoms with E-state index in [1.165, 1.54) is 0 Å². The summed E-state index contributed by atoms with van der Waals surface area (Å²) >= 11 is 0. The van der Waals surface area contributed by atoms with Crippen LogP contribution in [0.1, 0.15) is 33.6 Å². The predicted octanol–water partition coefficient (Wildman–Crippen LogP) is 1.41. The molecular weight excluding hydrogens is 220 g/mol. The van der Waals surface area contributed by atoms with Gasteiger partial charge in [0.05, 0.1) is 12.1 Å². The fourth-order valence-electron chi connectivity index (χ4n) is 1.36. The SMILES string of the molecule is CCNCc1nnc(NCC(C)(C)OCC)o1. The molecule has 0 spiro atoms. The van der Waals surface area contributed by atoms with Crippen molar-refractivity contribution in [3.05, 3.63) is 5.89 Å². The lowest BCUT2D eigenvalue weighted by Gasteiger charge is -2.24. The topological polar surface area (TPSA) is 72.2 Å². The highest BCUT2D eigenvalue weighted by Crippen LogP contribution is 2.11. The van der Waals surface area contributed by atoms with Gasteiger partial charge in [-0.15, -0.1) is 5.10 Å². The summed E-state index contributed by atoms with van der Waals surface area (Å²) in [6.45, 7) is 10.8. The van der Waals surface area contributed by atoms with Gasteiger partial charge in [0.1, 0.15) is 0 Å². The van der Waals surface area contributed by atoms with Crippen LogP contribution in [0.15, 0.2) is 4.42 Å². The van der Waals surface area contributed by atoms with Crippen LogP contribution in [0.25, 0.3) is 0 Å². The molecule has 0 bridgehead atoms. The van der Waals surface area contributed by atoms with Crippen molar-refractivity contribution >= 4 is 6.01 Å². The normalized spacial score (nSPS) is 11.8. The van der Waals surface area contributed by atoms with E-state index < -0.39 is 0 Å². The van der Waals surface area contributed by atoms with Gasteiger partial charge in [-0.05, 0) is 27.3 Å². The van der Waals surface area contributed by atoms with Gasteiger partial charge in [-0.25, -0.2) is 0 Å². The second-order valence-electron chi connectivity index (χ2n) is 4.33. The van der Waals surface area contributed by atoms with Crippen LogP contribution in [0.4, 0.5) is 6.01 Å². The molecular formula is C11H22N4O2. The molecule has 0 radical (unpaired) electrons. The van der Waals surface area contributed by atoms with Crippen molar-refractivity contribution < 1.29 is 9.15 Å². The summed E-state index contributed by atoms with van der Waals surface area (Å²) in [6.07, 6.45) is 0. The molecule has 98 valence electrons. The van der Waals surface area contributed by atoms with E-state index >= 15 is 0 Å². The Kier molecular flexibility index (Phi) is 5.37. The largest absolute Gasteiger partial charge is 0.407 e. The van der Waals surface area contributed by atoms with Crippen molar-refractivity contribution in [3.63, 3.8) is 0 Å². The second kappa shape index (κ2) is 6.56. The molecule has 0 aliphatic carbocycles. The highest BCUT2D eigenvalue weighted by atomic mass is 16.5. The Morgan fingerprint density at radius 2 is 2.06 bits per heavy atom. The van der Waals surface area contributed by atoms with Gasteiger partial charge in [0.25, 0.3) is 0 Å². The highest BCUT2D eigenvalue weighted by molar-refractivity contribution is 5.17. The lowest BCUT2D eigenvalue weighted by Crippen LogP contribution is -2.33. The molecule has 1 heterocycles. The first-order valence-electron chi connectivity index (χ1n) is 5.98. The molecule has 0 atom stereocenters. The van der Waals surface area contributed by atoms with Crippen LogP contribution < -0.4 is 10.6 Å². The number of hydrogen-bond acceptors (Lipinski definition) is 6. The molecule has 1 rings (SSSR count). The van der Waals surface area contributed by atoms with E-state index in [-0.39, 0.29) is 5.60 Å². The molecule has 0 aliphatic heterocycles. The highest BCUT2D eigenvalue weighted by Gasteiger charge is 2.18. The maximum Gasteiger partial charge on any atom is 0.315 e. The number of hydrogen-bond donors (Lipinski definition) is 2. The molecule has 1 aromatic rings. The molecule has 0 unspecified atom stereocenters. The van der Waals surface area contributed by atoms with Crippen molar-refractivity contribution in [2.75, 3.05) is 25.0 Å². The third kappa shape index (κ3) is 5.14. The van der Waals surface area contributed by atoms with Crippen molar-refractivity contribution in [1.29, 1.82) is 0 Å². The average Bonchev–Trinajstić information content (AvgIpc) is 2.72. The number of anilines is 1.